The van der Waals surface area contributed by atoms with Crippen molar-refractivity contribution < 1.29 is 46.7 Å². The van der Waals surface area contributed by atoms with Gasteiger partial charge < -0.3 is 4.55 Å². The first-order chi connectivity index (χ1) is 16.0. The van der Waals surface area contributed by atoms with Crippen LogP contribution in [0.25, 0.3) is 0 Å². The van der Waals surface area contributed by atoms with Crippen molar-refractivity contribution in [3.8, 4) is 0 Å². The quantitative estimate of drug-likeness (QED) is 0.0453. The Kier molecular flexibility index (Phi) is 30.5. The smallest absolute Gasteiger partial charge is 0.726 e. The van der Waals surface area contributed by atoms with Crippen LogP contribution in [-0.4, -0.2) is 19.6 Å². The zero-order valence-corrected chi connectivity index (χ0v) is 25.9. The van der Waals surface area contributed by atoms with Gasteiger partial charge >= 0.3 is 29.6 Å². The summed E-state index contributed by atoms with van der Waals surface area (Å²) in [5.74, 6) is 0.0196. The molecule has 0 bridgehead atoms. The third-order valence-electron chi connectivity index (χ3n) is 6.49. The molecule has 0 rings (SSSR count). The molecule has 0 N–H and O–H groups in total. The summed E-state index contributed by atoms with van der Waals surface area (Å²) in [7, 11) is -4.61. The third-order valence-corrected chi connectivity index (χ3v) is 6.91. The zero-order chi connectivity index (χ0) is 24.5. The van der Waals surface area contributed by atoms with E-state index >= 15 is 0 Å². The average Bonchev–Trinajstić information content (AvgIpc) is 2.78. The molecule has 0 aliphatic heterocycles. The molecule has 34 heavy (non-hydrogen) atoms. The summed E-state index contributed by atoms with van der Waals surface area (Å²) in [5.41, 5.74) is 0. The van der Waals surface area contributed by atoms with Crippen LogP contribution in [0.2, 0.25) is 0 Å². The van der Waals surface area contributed by atoms with Gasteiger partial charge in [0, 0.05) is 5.92 Å². The minimum absolute atomic E-state index is 0. The van der Waals surface area contributed by atoms with Crippen LogP contribution in [0.4, 0.5) is 0 Å². The maximum absolute atomic E-state index is 10.8. The van der Waals surface area contributed by atoms with E-state index in [9.17, 15) is 13.0 Å². The average molecular weight is 511 g/mol. The van der Waals surface area contributed by atoms with Crippen molar-refractivity contribution in [3.63, 3.8) is 0 Å². The van der Waals surface area contributed by atoms with Gasteiger partial charge in [-0.05, 0) is 19.3 Å². The van der Waals surface area contributed by atoms with Crippen molar-refractivity contribution in [2.45, 2.75) is 155 Å². The van der Waals surface area contributed by atoms with E-state index in [0.717, 1.165) is 19.3 Å². The van der Waals surface area contributed by atoms with Crippen LogP contribution in [-0.2, 0) is 14.6 Å². The molecule has 0 radical (unpaired) electrons. The molecule has 1 atom stereocenters. The molecule has 1 unspecified atom stereocenters. The molecule has 0 fully saturated rings. The van der Waals surface area contributed by atoms with Crippen molar-refractivity contribution in [2.75, 3.05) is 6.61 Å². The number of allylic oxidation sites excluding steroid dienone is 1. The van der Waals surface area contributed by atoms with E-state index < -0.39 is 10.4 Å². The maximum atomic E-state index is 10.8. The molecule has 0 saturated heterocycles. The van der Waals surface area contributed by atoms with Crippen molar-refractivity contribution in [1.29, 1.82) is 0 Å². The monoisotopic (exact) mass is 510 g/mol. The van der Waals surface area contributed by atoms with E-state index in [1.807, 2.05) is 0 Å². The molecule has 0 aliphatic carbocycles. The Morgan fingerprint density at radius 1 is 0.647 bits per heavy atom. The first-order valence-corrected chi connectivity index (χ1v) is 15.6. The van der Waals surface area contributed by atoms with Gasteiger partial charge in [0.1, 0.15) is 0 Å². The van der Waals surface area contributed by atoms with Crippen LogP contribution in [0.3, 0.4) is 0 Å². The third kappa shape index (κ3) is 30.6. The van der Waals surface area contributed by atoms with Crippen LogP contribution in [0.5, 0.6) is 0 Å². The van der Waals surface area contributed by atoms with Gasteiger partial charge in [0.15, 0.2) is 0 Å². The van der Waals surface area contributed by atoms with Gasteiger partial charge in [0.2, 0.25) is 10.4 Å². The first-order valence-electron chi connectivity index (χ1n) is 14.3. The predicted molar refractivity (Wildman–Crippen MR) is 141 cm³/mol. The van der Waals surface area contributed by atoms with E-state index in [-0.39, 0.29) is 42.1 Å². The van der Waals surface area contributed by atoms with Gasteiger partial charge in [0.25, 0.3) is 0 Å². The van der Waals surface area contributed by atoms with Crippen molar-refractivity contribution in [1.82, 2.24) is 0 Å². The second-order valence-electron chi connectivity index (χ2n) is 9.82. The fourth-order valence-electron chi connectivity index (χ4n) is 4.34. The fourth-order valence-corrected chi connectivity index (χ4v) is 4.68. The standard InChI is InChI=1S/C28H56O4S.Na/c1-3-5-7-9-11-13-14-15-16-17-18-20-22-24-26-28(27-32-33(29,30)31)25-23-21-19-12-10-8-6-4-2;/h23,25,28H,3-22,24,26-27H2,1-2H3,(H,29,30,31);/q;+1/p-1/b25-23+;. The summed E-state index contributed by atoms with van der Waals surface area (Å²) < 4.78 is 37.1. The van der Waals surface area contributed by atoms with Crippen molar-refractivity contribution >= 4 is 10.4 Å². The van der Waals surface area contributed by atoms with Crippen LogP contribution in [0.1, 0.15) is 155 Å². The number of unbranched alkanes of at least 4 members (excludes halogenated alkanes) is 19. The molecular formula is C28H55NaO4S. The Labute approximate surface area is 235 Å². The summed E-state index contributed by atoms with van der Waals surface area (Å²) in [6, 6.07) is 0. The Balaban J connectivity index is 0. The molecule has 4 nitrogen and oxygen atoms in total. The first kappa shape index (κ1) is 36.8. The normalized spacial score (nSPS) is 12.8. The Hall–Kier alpha value is 0.610. The number of hydrogen-bond donors (Lipinski definition) is 0. The molecule has 0 amide bonds. The van der Waals surface area contributed by atoms with Gasteiger partial charge in [-0.25, -0.2) is 8.42 Å². The van der Waals surface area contributed by atoms with E-state index in [4.69, 9.17) is 0 Å². The van der Waals surface area contributed by atoms with E-state index in [2.05, 4.69) is 30.2 Å². The number of hydrogen-bond acceptors (Lipinski definition) is 4. The Morgan fingerprint density at radius 3 is 1.44 bits per heavy atom. The molecule has 0 heterocycles. The molecule has 198 valence electrons. The number of rotatable bonds is 26. The summed E-state index contributed by atoms with van der Waals surface area (Å²) in [5, 5.41) is 0. The zero-order valence-electron chi connectivity index (χ0n) is 23.0. The van der Waals surface area contributed by atoms with Gasteiger partial charge in [0.05, 0.1) is 6.61 Å². The molecule has 0 saturated carbocycles. The van der Waals surface area contributed by atoms with Gasteiger partial charge in [-0.3, -0.25) is 4.18 Å². The fraction of sp³-hybridized carbons (Fsp3) is 0.929. The van der Waals surface area contributed by atoms with Crippen LogP contribution >= 0.6 is 0 Å². The molecule has 0 aliphatic rings. The minimum Gasteiger partial charge on any atom is -0.726 e. The SMILES string of the molecule is CCCCCCCC/C=C/C(CCCCCCCCCCCCCCCC)COS(=O)(=O)[O-].[Na+]. The van der Waals surface area contributed by atoms with Crippen LogP contribution in [0, 0.1) is 5.92 Å². The molecule has 0 aromatic carbocycles. The minimum atomic E-state index is -4.61. The topological polar surface area (TPSA) is 66.4 Å². The van der Waals surface area contributed by atoms with E-state index in [1.165, 1.54) is 122 Å². The summed E-state index contributed by atoms with van der Waals surface area (Å²) >= 11 is 0. The van der Waals surface area contributed by atoms with Gasteiger partial charge in [-0.1, -0.05) is 148 Å². The Bertz CT molecular complexity index is 522. The van der Waals surface area contributed by atoms with Gasteiger partial charge in [-0.15, -0.1) is 0 Å². The molecule has 0 aromatic rings. The molecule has 0 aromatic heterocycles. The van der Waals surface area contributed by atoms with Crippen LogP contribution < -0.4 is 29.6 Å². The van der Waals surface area contributed by atoms with Crippen molar-refractivity contribution in [3.05, 3.63) is 12.2 Å². The second-order valence-corrected chi connectivity index (χ2v) is 10.9. The molecular weight excluding hydrogens is 455 g/mol. The Morgan fingerprint density at radius 2 is 1.03 bits per heavy atom. The van der Waals surface area contributed by atoms with Gasteiger partial charge in [-0.2, -0.15) is 0 Å². The largest absolute Gasteiger partial charge is 1.00 e. The summed E-state index contributed by atoms with van der Waals surface area (Å²) in [4.78, 5) is 0. The maximum Gasteiger partial charge on any atom is 1.00 e. The molecule has 6 heteroatoms. The van der Waals surface area contributed by atoms with Crippen molar-refractivity contribution in [2.24, 2.45) is 5.92 Å². The second kappa shape index (κ2) is 28.2. The van der Waals surface area contributed by atoms with E-state index in [0.29, 0.717) is 0 Å². The summed E-state index contributed by atoms with van der Waals surface area (Å²) in [6.07, 6.45) is 32.3. The summed E-state index contributed by atoms with van der Waals surface area (Å²) in [6.45, 7) is 4.48. The predicted octanol–water partition coefficient (Wildman–Crippen LogP) is 6.26. The van der Waals surface area contributed by atoms with Crippen LogP contribution in [0.15, 0.2) is 12.2 Å². The molecule has 0 spiro atoms. The van der Waals surface area contributed by atoms with E-state index in [1.54, 1.807) is 0 Å².